The van der Waals surface area contributed by atoms with E-state index in [2.05, 4.69) is 13.8 Å². The third kappa shape index (κ3) is 5.93. The van der Waals surface area contributed by atoms with Crippen LogP contribution < -0.4 is 0 Å². The van der Waals surface area contributed by atoms with Gasteiger partial charge >= 0.3 is 0 Å². The predicted octanol–water partition coefficient (Wildman–Crippen LogP) is 1.69. The Bertz CT molecular complexity index is 147. The summed E-state index contributed by atoms with van der Waals surface area (Å²) in [6.07, 6.45) is 0. The Morgan fingerprint density at radius 1 is 1.38 bits per heavy atom. The normalized spacial score (nSPS) is 10.5. The van der Waals surface area contributed by atoms with Gasteiger partial charge in [0.25, 0.3) is 5.24 Å². The number of hydrogen-bond acceptors (Lipinski definition) is 3. The molecular formula is C9H16N2OS. The van der Waals surface area contributed by atoms with Crippen molar-refractivity contribution in [3.8, 4) is 0 Å². The van der Waals surface area contributed by atoms with E-state index in [4.69, 9.17) is 0 Å². The molecule has 13 heavy (non-hydrogen) atoms. The van der Waals surface area contributed by atoms with Gasteiger partial charge in [-0.05, 0) is 27.9 Å². The lowest BCUT2D eigenvalue weighted by Gasteiger charge is -2.17. The molecule has 0 atom stereocenters. The fourth-order valence-corrected chi connectivity index (χ4v) is 1.54. The highest BCUT2D eigenvalue weighted by molar-refractivity contribution is 8.13. The van der Waals surface area contributed by atoms with E-state index < -0.39 is 0 Å². The van der Waals surface area contributed by atoms with Crippen LogP contribution in [0, 0.1) is 26.9 Å². The largest absolute Gasteiger partial charge is 0.323 e. The molecule has 0 rings (SSSR count). The molecular weight excluding hydrogens is 184 g/mol. The molecule has 0 saturated carbocycles. The first-order valence-electron chi connectivity index (χ1n) is 3.96. The summed E-state index contributed by atoms with van der Waals surface area (Å²) in [6, 6.07) is 0. The zero-order valence-corrected chi connectivity index (χ0v) is 9.01. The Morgan fingerprint density at radius 2 is 1.92 bits per heavy atom. The molecule has 0 fully saturated rings. The Balaban J connectivity index is 3.60. The number of nitrogens with zero attached hydrogens (tertiary/aromatic N) is 2. The highest BCUT2D eigenvalue weighted by atomic mass is 32.2. The van der Waals surface area contributed by atoms with Gasteiger partial charge < -0.3 is 9.80 Å². The van der Waals surface area contributed by atoms with Crippen LogP contribution in [0.4, 0.5) is 4.79 Å². The molecule has 0 aliphatic carbocycles. The maximum Gasteiger partial charge on any atom is 0.282 e. The Kier molecular flexibility index (Phi) is 7.09. The van der Waals surface area contributed by atoms with Crippen LogP contribution in [0.15, 0.2) is 0 Å². The monoisotopic (exact) mass is 200 g/mol. The first-order valence-corrected chi connectivity index (χ1v) is 4.95. The van der Waals surface area contributed by atoms with Crippen molar-refractivity contribution < 1.29 is 4.79 Å². The van der Waals surface area contributed by atoms with Gasteiger partial charge in [-0.1, -0.05) is 11.8 Å². The van der Waals surface area contributed by atoms with Gasteiger partial charge in [-0.2, -0.15) is 0 Å². The van der Waals surface area contributed by atoms with Crippen LogP contribution in [0.1, 0.15) is 0 Å². The van der Waals surface area contributed by atoms with Gasteiger partial charge in [-0.15, -0.1) is 0 Å². The molecule has 0 aromatic carbocycles. The van der Waals surface area contributed by atoms with E-state index in [-0.39, 0.29) is 5.24 Å². The van der Waals surface area contributed by atoms with Crippen molar-refractivity contribution in [3.63, 3.8) is 0 Å². The van der Waals surface area contributed by atoms with Crippen molar-refractivity contribution in [1.82, 2.24) is 9.80 Å². The van der Waals surface area contributed by atoms with Crippen LogP contribution in [0.25, 0.3) is 0 Å². The van der Waals surface area contributed by atoms with Gasteiger partial charge in [0.05, 0.1) is 13.1 Å². The lowest BCUT2D eigenvalue weighted by atomic mass is 10.6. The van der Waals surface area contributed by atoms with E-state index in [0.29, 0.717) is 0 Å². The fourth-order valence-electron chi connectivity index (χ4n) is 0.614. The van der Waals surface area contributed by atoms with Gasteiger partial charge in [0.15, 0.2) is 0 Å². The van der Waals surface area contributed by atoms with Crippen molar-refractivity contribution in [2.24, 2.45) is 0 Å². The van der Waals surface area contributed by atoms with Crippen molar-refractivity contribution >= 4 is 17.0 Å². The SMILES string of the molecule is [CH2][CH]N([CH][CH2])C(=O)SCCN(C)C. The first kappa shape index (κ1) is 12.8. The average Bonchev–Trinajstić information content (AvgIpc) is 2.05. The lowest BCUT2D eigenvalue weighted by Crippen LogP contribution is -2.22. The quantitative estimate of drug-likeness (QED) is 0.675. The number of rotatable bonds is 5. The summed E-state index contributed by atoms with van der Waals surface area (Å²) < 4.78 is 0. The van der Waals surface area contributed by atoms with E-state index >= 15 is 0 Å². The van der Waals surface area contributed by atoms with Crippen LogP contribution in [0.2, 0.25) is 0 Å². The summed E-state index contributed by atoms with van der Waals surface area (Å²) in [5, 5.41) is -0.0353. The molecule has 4 radical (unpaired) electrons. The minimum Gasteiger partial charge on any atom is -0.323 e. The van der Waals surface area contributed by atoms with Crippen molar-refractivity contribution in [3.05, 3.63) is 26.9 Å². The second-order valence-electron chi connectivity index (χ2n) is 2.69. The van der Waals surface area contributed by atoms with Crippen LogP contribution in [-0.2, 0) is 0 Å². The van der Waals surface area contributed by atoms with E-state index in [0.717, 1.165) is 12.3 Å². The summed E-state index contributed by atoms with van der Waals surface area (Å²) >= 11 is 1.26. The molecule has 0 aromatic heterocycles. The molecule has 4 heteroatoms. The van der Waals surface area contributed by atoms with Gasteiger partial charge in [0.2, 0.25) is 0 Å². The van der Waals surface area contributed by atoms with Crippen LogP contribution in [-0.4, -0.2) is 41.4 Å². The van der Waals surface area contributed by atoms with Gasteiger partial charge in [0.1, 0.15) is 0 Å². The van der Waals surface area contributed by atoms with Crippen LogP contribution in [0.5, 0.6) is 0 Å². The topological polar surface area (TPSA) is 23.6 Å². The Labute approximate surface area is 85.5 Å². The molecule has 0 saturated heterocycles. The van der Waals surface area contributed by atoms with Crippen molar-refractivity contribution in [1.29, 1.82) is 0 Å². The number of carbonyl (C=O) groups is 1. The minimum absolute atomic E-state index is 0.0353. The van der Waals surface area contributed by atoms with Crippen LogP contribution >= 0.6 is 11.8 Å². The van der Waals surface area contributed by atoms with E-state index in [9.17, 15) is 4.79 Å². The number of hydrogen-bond donors (Lipinski definition) is 0. The molecule has 0 bridgehead atoms. The average molecular weight is 200 g/mol. The second-order valence-corrected chi connectivity index (χ2v) is 3.74. The highest BCUT2D eigenvalue weighted by Gasteiger charge is 2.09. The zero-order valence-electron chi connectivity index (χ0n) is 8.19. The summed E-state index contributed by atoms with van der Waals surface area (Å²) in [5.41, 5.74) is 0. The van der Waals surface area contributed by atoms with Gasteiger partial charge in [0, 0.05) is 12.3 Å². The highest BCUT2D eigenvalue weighted by Crippen LogP contribution is 2.11. The molecule has 0 N–H and O–H groups in total. The number of thioether (sulfide) groups is 1. The Hall–Kier alpha value is -0.220. The third-order valence-electron chi connectivity index (χ3n) is 1.37. The maximum absolute atomic E-state index is 11.3. The molecule has 1 amide bonds. The van der Waals surface area contributed by atoms with Crippen molar-refractivity contribution in [2.75, 3.05) is 26.4 Å². The molecule has 74 valence electrons. The fraction of sp³-hybridized carbons (Fsp3) is 0.444. The zero-order chi connectivity index (χ0) is 10.3. The second kappa shape index (κ2) is 7.21. The molecule has 0 spiro atoms. The van der Waals surface area contributed by atoms with Gasteiger partial charge in [-0.25, -0.2) is 0 Å². The van der Waals surface area contributed by atoms with Crippen LogP contribution in [0.3, 0.4) is 0 Å². The van der Waals surface area contributed by atoms with Gasteiger partial charge in [-0.3, -0.25) is 4.79 Å². The number of carbonyl (C=O) groups excluding carboxylic acids is 1. The Morgan fingerprint density at radius 3 is 2.31 bits per heavy atom. The number of amides is 1. The van der Waals surface area contributed by atoms with E-state index in [1.54, 1.807) is 0 Å². The summed E-state index contributed by atoms with van der Waals surface area (Å²) in [7, 11) is 3.95. The van der Waals surface area contributed by atoms with E-state index in [1.807, 2.05) is 19.0 Å². The predicted molar refractivity (Wildman–Crippen MR) is 57.6 cm³/mol. The molecule has 0 unspecified atom stereocenters. The standard InChI is InChI=1S/C9H16N2OS/c1-5-11(6-2)9(12)13-8-7-10(3)4/h5-6H,1-2,7-8H2,3-4H3. The molecule has 0 aliphatic heterocycles. The van der Waals surface area contributed by atoms with E-state index in [1.165, 1.54) is 29.8 Å². The molecule has 0 aliphatic rings. The molecule has 0 aromatic rings. The summed E-state index contributed by atoms with van der Waals surface area (Å²) in [4.78, 5) is 14.7. The molecule has 0 heterocycles. The minimum atomic E-state index is -0.0353. The summed E-state index contributed by atoms with van der Waals surface area (Å²) in [5.74, 6) is 0.782. The first-order chi connectivity index (χ1) is 6.11. The third-order valence-corrected chi connectivity index (χ3v) is 2.21. The lowest BCUT2D eigenvalue weighted by molar-refractivity contribution is 0.244. The maximum atomic E-state index is 11.3. The smallest absolute Gasteiger partial charge is 0.282 e. The molecule has 3 nitrogen and oxygen atoms in total. The van der Waals surface area contributed by atoms with Crippen molar-refractivity contribution in [2.45, 2.75) is 0 Å². The summed E-state index contributed by atoms with van der Waals surface area (Å²) in [6.45, 7) is 10.8.